The molecule has 1 aliphatic rings. The Labute approximate surface area is 149 Å². The molecule has 0 aliphatic carbocycles. The summed E-state index contributed by atoms with van der Waals surface area (Å²) < 4.78 is 5.20. The van der Waals surface area contributed by atoms with Gasteiger partial charge in [0, 0.05) is 19.6 Å². The molecule has 2 aromatic rings. The van der Waals surface area contributed by atoms with Crippen molar-refractivity contribution in [3.8, 4) is 5.75 Å². The Kier molecular flexibility index (Phi) is 6.07. The second-order valence-corrected chi connectivity index (χ2v) is 6.50. The van der Waals surface area contributed by atoms with Gasteiger partial charge < -0.3 is 15.0 Å². The SMILES string of the molecule is COc1ccc(CN[C@@H](Cc2ccccc2)C(=O)N2CCCC2)cc1. The van der Waals surface area contributed by atoms with Crippen molar-refractivity contribution in [2.75, 3.05) is 20.2 Å². The molecule has 1 N–H and O–H groups in total. The third-order valence-electron chi connectivity index (χ3n) is 4.71. The molecule has 1 heterocycles. The second kappa shape index (κ2) is 8.67. The van der Waals surface area contributed by atoms with Gasteiger partial charge in [0.2, 0.25) is 5.91 Å². The van der Waals surface area contributed by atoms with Crippen molar-refractivity contribution in [3.05, 3.63) is 65.7 Å². The zero-order valence-corrected chi connectivity index (χ0v) is 14.8. The minimum absolute atomic E-state index is 0.192. The van der Waals surface area contributed by atoms with Gasteiger partial charge in [-0.15, -0.1) is 0 Å². The van der Waals surface area contributed by atoms with Gasteiger partial charge in [0.1, 0.15) is 5.75 Å². The van der Waals surface area contributed by atoms with E-state index in [-0.39, 0.29) is 11.9 Å². The van der Waals surface area contributed by atoms with E-state index >= 15 is 0 Å². The molecule has 1 fully saturated rings. The highest BCUT2D eigenvalue weighted by atomic mass is 16.5. The molecule has 1 atom stereocenters. The van der Waals surface area contributed by atoms with Crippen molar-refractivity contribution in [2.45, 2.75) is 31.8 Å². The summed E-state index contributed by atoms with van der Waals surface area (Å²) in [5.74, 6) is 1.06. The van der Waals surface area contributed by atoms with Crippen LogP contribution >= 0.6 is 0 Å². The number of nitrogens with one attached hydrogen (secondary N) is 1. The Balaban J connectivity index is 1.67. The lowest BCUT2D eigenvalue weighted by molar-refractivity contribution is -0.132. The van der Waals surface area contributed by atoms with Gasteiger partial charge in [-0.2, -0.15) is 0 Å². The van der Waals surface area contributed by atoms with Crippen LogP contribution in [-0.4, -0.2) is 37.0 Å². The lowest BCUT2D eigenvalue weighted by Crippen LogP contribution is -2.46. The van der Waals surface area contributed by atoms with Crippen LogP contribution in [0.2, 0.25) is 0 Å². The van der Waals surface area contributed by atoms with Gasteiger partial charge in [-0.3, -0.25) is 4.79 Å². The van der Waals surface area contributed by atoms with Crippen molar-refractivity contribution < 1.29 is 9.53 Å². The minimum Gasteiger partial charge on any atom is -0.497 e. The Morgan fingerprint density at radius 3 is 2.36 bits per heavy atom. The first kappa shape index (κ1) is 17.5. The normalized spacial score (nSPS) is 15.2. The smallest absolute Gasteiger partial charge is 0.240 e. The van der Waals surface area contributed by atoms with Gasteiger partial charge in [0.05, 0.1) is 13.2 Å². The molecular formula is C21H26N2O2. The number of rotatable bonds is 7. The van der Waals surface area contributed by atoms with E-state index in [4.69, 9.17) is 4.74 Å². The van der Waals surface area contributed by atoms with Gasteiger partial charge in [0.15, 0.2) is 0 Å². The average Bonchev–Trinajstić information content (AvgIpc) is 3.20. The molecule has 1 amide bonds. The van der Waals surface area contributed by atoms with Gasteiger partial charge in [0.25, 0.3) is 0 Å². The Bertz CT molecular complexity index is 664. The fourth-order valence-electron chi connectivity index (χ4n) is 3.24. The molecule has 4 nitrogen and oxygen atoms in total. The minimum atomic E-state index is -0.192. The third kappa shape index (κ3) is 4.83. The Hall–Kier alpha value is -2.33. The molecular weight excluding hydrogens is 312 g/mol. The monoisotopic (exact) mass is 338 g/mol. The second-order valence-electron chi connectivity index (χ2n) is 6.50. The van der Waals surface area contributed by atoms with E-state index in [9.17, 15) is 4.79 Å². The van der Waals surface area contributed by atoms with Crippen LogP contribution in [0.5, 0.6) is 5.75 Å². The number of benzene rings is 2. The van der Waals surface area contributed by atoms with Crippen molar-refractivity contribution in [2.24, 2.45) is 0 Å². The van der Waals surface area contributed by atoms with Crippen LogP contribution in [0, 0.1) is 0 Å². The number of hydrogen-bond acceptors (Lipinski definition) is 3. The zero-order valence-electron chi connectivity index (χ0n) is 14.8. The Morgan fingerprint density at radius 1 is 1.04 bits per heavy atom. The van der Waals surface area contributed by atoms with Crippen molar-refractivity contribution >= 4 is 5.91 Å². The number of hydrogen-bond donors (Lipinski definition) is 1. The highest BCUT2D eigenvalue weighted by Gasteiger charge is 2.26. The molecule has 25 heavy (non-hydrogen) atoms. The predicted molar refractivity (Wildman–Crippen MR) is 99.6 cm³/mol. The summed E-state index contributed by atoms with van der Waals surface area (Å²) in [6.07, 6.45) is 2.94. The number of carbonyl (C=O) groups excluding carboxylic acids is 1. The molecule has 132 valence electrons. The quantitative estimate of drug-likeness (QED) is 0.844. The van der Waals surface area contributed by atoms with E-state index in [0.29, 0.717) is 13.0 Å². The summed E-state index contributed by atoms with van der Waals surface area (Å²) in [4.78, 5) is 14.9. The predicted octanol–water partition coefficient (Wildman–Crippen LogP) is 3.02. The average molecular weight is 338 g/mol. The molecule has 0 unspecified atom stereocenters. The third-order valence-corrected chi connectivity index (χ3v) is 4.71. The molecule has 1 saturated heterocycles. The first-order valence-corrected chi connectivity index (χ1v) is 8.95. The van der Waals surface area contributed by atoms with E-state index < -0.39 is 0 Å². The van der Waals surface area contributed by atoms with Crippen LogP contribution < -0.4 is 10.1 Å². The first-order chi connectivity index (χ1) is 12.3. The summed E-state index contributed by atoms with van der Waals surface area (Å²) in [5.41, 5.74) is 2.33. The highest BCUT2D eigenvalue weighted by molar-refractivity contribution is 5.82. The Morgan fingerprint density at radius 2 is 1.72 bits per heavy atom. The van der Waals surface area contributed by atoms with Crippen molar-refractivity contribution in [3.63, 3.8) is 0 Å². The number of carbonyl (C=O) groups is 1. The van der Waals surface area contributed by atoms with Gasteiger partial charge >= 0.3 is 0 Å². The molecule has 3 rings (SSSR count). The van der Waals surface area contributed by atoms with Crippen LogP contribution in [0.15, 0.2) is 54.6 Å². The highest BCUT2D eigenvalue weighted by Crippen LogP contribution is 2.14. The van der Waals surface area contributed by atoms with E-state index in [1.54, 1.807) is 7.11 Å². The maximum absolute atomic E-state index is 12.9. The molecule has 2 aromatic carbocycles. The largest absolute Gasteiger partial charge is 0.497 e. The summed E-state index contributed by atoms with van der Waals surface area (Å²) in [6.45, 7) is 2.43. The molecule has 0 saturated carbocycles. The maximum atomic E-state index is 12.9. The number of amides is 1. The molecule has 0 aromatic heterocycles. The molecule has 0 radical (unpaired) electrons. The van der Waals surface area contributed by atoms with Crippen LogP contribution in [-0.2, 0) is 17.8 Å². The lowest BCUT2D eigenvalue weighted by Gasteiger charge is -2.24. The number of ether oxygens (including phenoxy) is 1. The van der Waals surface area contributed by atoms with Crippen LogP contribution in [0.3, 0.4) is 0 Å². The van der Waals surface area contributed by atoms with Crippen LogP contribution in [0.25, 0.3) is 0 Å². The fourth-order valence-corrected chi connectivity index (χ4v) is 3.24. The van der Waals surface area contributed by atoms with E-state index in [1.165, 1.54) is 5.56 Å². The molecule has 4 heteroatoms. The van der Waals surface area contributed by atoms with Gasteiger partial charge in [-0.1, -0.05) is 42.5 Å². The summed E-state index contributed by atoms with van der Waals surface area (Å²) in [6, 6.07) is 18.0. The summed E-state index contributed by atoms with van der Waals surface area (Å²) in [7, 11) is 1.66. The summed E-state index contributed by atoms with van der Waals surface area (Å²) in [5, 5.41) is 3.47. The lowest BCUT2D eigenvalue weighted by atomic mass is 10.0. The number of likely N-dealkylation sites (tertiary alicyclic amines) is 1. The standard InChI is InChI=1S/C21H26N2O2/c1-25-19-11-9-18(10-12-19)16-22-20(15-17-7-3-2-4-8-17)21(24)23-13-5-6-14-23/h2-4,7-12,20,22H,5-6,13-16H2,1H3/t20-/m0/s1. The van der Waals surface area contributed by atoms with Gasteiger partial charge in [-0.25, -0.2) is 0 Å². The van der Waals surface area contributed by atoms with Crippen molar-refractivity contribution in [1.82, 2.24) is 10.2 Å². The van der Waals surface area contributed by atoms with Crippen LogP contribution in [0.4, 0.5) is 0 Å². The first-order valence-electron chi connectivity index (χ1n) is 8.95. The van der Waals surface area contributed by atoms with E-state index in [2.05, 4.69) is 17.4 Å². The summed E-state index contributed by atoms with van der Waals surface area (Å²) >= 11 is 0. The fraction of sp³-hybridized carbons (Fsp3) is 0.381. The zero-order chi connectivity index (χ0) is 17.5. The number of methoxy groups -OCH3 is 1. The van der Waals surface area contributed by atoms with E-state index in [0.717, 1.165) is 37.2 Å². The molecule has 0 spiro atoms. The molecule has 1 aliphatic heterocycles. The maximum Gasteiger partial charge on any atom is 0.240 e. The van der Waals surface area contributed by atoms with E-state index in [1.807, 2.05) is 47.4 Å². The number of nitrogens with zero attached hydrogens (tertiary/aromatic N) is 1. The van der Waals surface area contributed by atoms with Crippen LogP contribution in [0.1, 0.15) is 24.0 Å². The van der Waals surface area contributed by atoms with Gasteiger partial charge in [-0.05, 0) is 42.5 Å². The van der Waals surface area contributed by atoms with Crippen molar-refractivity contribution in [1.29, 1.82) is 0 Å². The topological polar surface area (TPSA) is 41.6 Å². The molecule has 0 bridgehead atoms.